The summed E-state index contributed by atoms with van der Waals surface area (Å²) in [4.78, 5) is 30.3. The Bertz CT molecular complexity index is 930. The van der Waals surface area contributed by atoms with Crippen molar-refractivity contribution in [2.45, 2.75) is 33.0 Å². The second kappa shape index (κ2) is 7.92. The van der Waals surface area contributed by atoms with Gasteiger partial charge in [-0.1, -0.05) is 0 Å². The molecule has 4 rings (SSSR count). The van der Waals surface area contributed by atoms with Crippen LogP contribution in [-0.4, -0.2) is 67.0 Å². The number of anilines is 1. The normalized spacial score (nSPS) is 21.3. The number of aromatic amines is 1. The molecule has 1 fully saturated rings. The third kappa shape index (κ3) is 4.01. The van der Waals surface area contributed by atoms with Crippen LogP contribution in [0.4, 0.5) is 5.69 Å². The third-order valence-electron chi connectivity index (χ3n) is 4.90. The Morgan fingerprint density at radius 3 is 2.59 bits per heavy atom. The molecule has 2 aliphatic rings. The molecule has 0 saturated carbocycles. The summed E-state index contributed by atoms with van der Waals surface area (Å²) in [5.41, 5.74) is 1.24. The number of aromatic nitrogens is 1. The van der Waals surface area contributed by atoms with Crippen LogP contribution in [0.3, 0.4) is 0 Å². The summed E-state index contributed by atoms with van der Waals surface area (Å²) in [6, 6.07) is 3.51. The van der Waals surface area contributed by atoms with E-state index in [-0.39, 0.29) is 43.8 Å². The fraction of sp³-hybridized carbons (Fsp3) is 0.500. The maximum absolute atomic E-state index is 12.8. The quantitative estimate of drug-likeness (QED) is 0.737. The lowest BCUT2D eigenvalue weighted by Crippen LogP contribution is -2.48. The van der Waals surface area contributed by atoms with Gasteiger partial charge in [0.1, 0.15) is 5.69 Å². The van der Waals surface area contributed by atoms with E-state index in [0.717, 1.165) is 0 Å². The molecule has 1 saturated heterocycles. The SMILES string of the molecule is CCOC(=O)c1[nH]c2cc3c(cc2c1NC(=O)CN1C[C@@H](C)O[C@@H](C)C1)OCO3. The van der Waals surface area contributed by atoms with Crippen molar-refractivity contribution >= 4 is 28.5 Å². The van der Waals surface area contributed by atoms with Crippen molar-refractivity contribution in [3.63, 3.8) is 0 Å². The molecule has 2 N–H and O–H groups in total. The number of nitrogens with one attached hydrogen (secondary N) is 2. The highest BCUT2D eigenvalue weighted by Gasteiger charge is 2.27. The highest BCUT2D eigenvalue weighted by atomic mass is 16.7. The van der Waals surface area contributed by atoms with Gasteiger partial charge >= 0.3 is 5.97 Å². The molecule has 3 heterocycles. The van der Waals surface area contributed by atoms with Crippen LogP contribution >= 0.6 is 0 Å². The number of carbonyl (C=O) groups excluding carboxylic acids is 2. The predicted molar refractivity (Wildman–Crippen MR) is 105 cm³/mol. The molecule has 9 nitrogen and oxygen atoms in total. The van der Waals surface area contributed by atoms with Crippen LogP contribution in [0.5, 0.6) is 11.5 Å². The van der Waals surface area contributed by atoms with Crippen LogP contribution < -0.4 is 14.8 Å². The van der Waals surface area contributed by atoms with Gasteiger partial charge in [0, 0.05) is 24.5 Å². The largest absolute Gasteiger partial charge is 0.461 e. The number of esters is 1. The topological polar surface area (TPSA) is 102 Å². The van der Waals surface area contributed by atoms with Crippen molar-refractivity contribution in [1.82, 2.24) is 9.88 Å². The highest BCUT2D eigenvalue weighted by molar-refractivity contribution is 6.11. The van der Waals surface area contributed by atoms with Gasteiger partial charge in [0.15, 0.2) is 11.5 Å². The first-order valence-electron chi connectivity index (χ1n) is 9.74. The number of H-pyrrole nitrogens is 1. The lowest BCUT2D eigenvalue weighted by Gasteiger charge is -2.34. The van der Waals surface area contributed by atoms with Gasteiger partial charge in [-0.2, -0.15) is 0 Å². The standard InChI is InChI=1S/C20H25N3O6/c1-4-26-20(25)19-18(13-5-15-16(28-10-27-15)6-14(13)21-19)22-17(24)9-23-7-11(2)29-12(3)8-23/h5-6,11-12,21H,4,7-10H2,1-3H3,(H,22,24)/t11-,12+. The Labute approximate surface area is 168 Å². The zero-order valence-electron chi connectivity index (χ0n) is 16.7. The van der Waals surface area contributed by atoms with Gasteiger partial charge in [0.2, 0.25) is 12.7 Å². The molecular weight excluding hydrogens is 378 g/mol. The molecule has 29 heavy (non-hydrogen) atoms. The average Bonchev–Trinajstić information content (AvgIpc) is 3.23. The second-order valence-corrected chi connectivity index (χ2v) is 7.35. The summed E-state index contributed by atoms with van der Waals surface area (Å²) >= 11 is 0. The third-order valence-corrected chi connectivity index (χ3v) is 4.90. The van der Waals surface area contributed by atoms with Crippen LogP contribution in [0.2, 0.25) is 0 Å². The van der Waals surface area contributed by atoms with Crippen LogP contribution in [0.25, 0.3) is 10.9 Å². The van der Waals surface area contributed by atoms with Crippen molar-refractivity contribution in [3.8, 4) is 11.5 Å². The summed E-state index contributed by atoms with van der Waals surface area (Å²) in [5, 5.41) is 3.55. The Morgan fingerprint density at radius 1 is 1.21 bits per heavy atom. The number of hydrogen-bond donors (Lipinski definition) is 2. The van der Waals surface area contributed by atoms with Gasteiger partial charge in [0.25, 0.3) is 0 Å². The number of hydrogen-bond acceptors (Lipinski definition) is 7. The van der Waals surface area contributed by atoms with Crippen molar-refractivity contribution in [1.29, 1.82) is 0 Å². The number of rotatable bonds is 5. The average molecular weight is 403 g/mol. The minimum absolute atomic E-state index is 0.0643. The first-order valence-corrected chi connectivity index (χ1v) is 9.74. The number of carbonyl (C=O) groups is 2. The molecule has 2 atom stereocenters. The zero-order chi connectivity index (χ0) is 20.5. The first-order chi connectivity index (χ1) is 13.9. The van der Waals surface area contributed by atoms with Crippen molar-refractivity contribution in [2.24, 2.45) is 0 Å². The van der Waals surface area contributed by atoms with E-state index >= 15 is 0 Å². The number of fused-ring (bicyclic) bond motifs is 2. The van der Waals surface area contributed by atoms with Crippen LogP contribution in [0.1, 0.15) is 31.3 Å². The minimum Gasteiger partial charge on any atom is -0.461 e. The molecule has 0 aliphatic carbocycles. The zero-order valence-corrected chi connectivity index (χ0v) is 16.7. The molecule has 0 bridgehead atoms. The molecule has 0 spiro atoms. The number of nitrogens with zero attached hydrogens (tertiary/aromatic N) is 1. The van der Waals surface area contributed by atoms with E-state index < -0.39 is 5.97 Å². The smallest absolute Gasteiger partial charge is 0.356 e. The second-order valence-electron chi connectivity index (χ2n) is 7.35. The van der Waals surface area contributed by atoms with Crippen molar-refractivity contribution in [3.05, 3.63) is 17.8 Å². The summed E-state index contributed by atoms with van der Waals surface area (Å²) in [6.07, 6.45) is 0.129. The maximum Gasteiger partial charge on any atom is 0.356 e. The number of ether oxygens (including phenoxy) is 4. The fourth-order valence-electron chi connectivity index (χ4n) is 3.87. The molecular formula is C20H25N3O6. The predicted octanol–water partition coefficient (Wildman–Crippen LogP) is 2.12. The molecule has 0 radical (unpaired) electrons. The molecule has 0 unspecified atom stereocenters. The molecule has 2 aromatic rings. The molecule has 1 aromatic heterocycles. The van der Waals surface area contributed by atoms with Crippen LogP contribution in [0.15, 0.2) is 12.1 Å². The summed E-state index contributed by atoms with van der Waals surface area (Å²) in [5.74, 6) is 0.409. The van der Waals surface area contributed by atoms with Crippen LogP contribution in [-0.2, 0) is 14.3 Å². The monoisotopic (exact) mass is 403 g/mol. The Morgan fingerprint density at radius 2 is 1.90 bits per heavy atom. The number of benzene rings is 1. The summed E-state index contributed by atoms with van der Waals surface area (Å²) in [6.45, 7) is 7.64. The van der Waals surface area contributed by atoms with Gasteiger partial charge in [-0.15, -0.1) is 0 Å². The van der Waals surface area contributed by atoms with E-state index in [2.05, 4.69) is 10.3 Å². The van der Waals surface area contributed by atoms with Crippen molar-refractivity contribution in [2.75, 3.05) is 38.4 Å². The van der Waals surface area contributed by atoms with Crippen LogP contribution in [0, 0.1) is 0 Å². The lowest BCUT2D eigenvalue weighted by molar-refractivity contribution is -0.121. The van der Waals surface area contributed by atoms with E-state index in [1.54, 1.807) is 19.1 Å². The fourth-order valence-corrected chi connectivity index (χ4v) is 3.87. The molecule has 156 valence electrons. The molecule has 2 aliphatic heterocycles. The first kappa shape index (κ1) is 19.5. The lowest BCUT2D eigenvalue weighted by atomic mass is 10.2. The van der Waals surface area contributed by atoms with Gasteiger partial charge in [-0.3, -0.25) is 9.69 Å². The van der Waals surface area contributed by atoms with Gasteiger partial charge < -0.3 is 29.2 Å². The summed E-state index contributed by atoms with van der Waals surface area (Å²) in [7, 11) is 0. The van der Waals surface area contributed by atoms with Gasteiger partial charge in [0.05, 0.1) is 36.6 Å². The molecule has 9 heteroatoms. The molecule has 1 amide bonds. The summed E-state index contributed by atoms with van der Waals surface area (Å²) < 4.78 is 21.7. The minimum atomic E-state index is -0.533. The number of morpholine rings is 1. The molecule has 1 aromatic carbocycles. The Balaban J connectivity index is 1.61. The van der Waals surface area contributed by atoms with E-state index in [4.69, 9.17) is 18.9 Å². The van der Waals surface area contributed by atoms with E-state index in [1.165, 1.54) is 0 Å². The highest BCUT2D eigenvalue weighted by Crippen LogP contribution is 2.40. The van der Waals surface area contributed by atoms with Gasteiger partial charge in [-0.05, 0) is 26.8 Å². The number of amides is 1. The van der Waals surface area contributed by atoms with E-state index in [1.807, 2.05) is 18.7 Å². The Kier molecular flexibility index (Phi) is 5.33. The van der Waals surface area contributed by atoms with Gasteiger partial charge in [-0.25, -0.2) is 4.79 Å². The van der Waals surface area contributed by atoms with E-state index in [0.29, 0.717) is 41.2 Å². The van der Waals surface area contributed by atoms with E-state index in [9.17, 15) is 9.59 Å². The Hall–Kier alpha value is -2.78. The van der Waals surface area contributed by atoms with Crippen molar-refractivity contribution < 1.29 is 28.5 Å². The maximum atomic E-state index is 12.8.